The van der Waals surface area contributed by atoms with E-state index < -0.39 is 0 Å². The fourth-order valence-electron chi connectivity index (χ4n) is 2.85. The minimum atomic E-state index is 0.439. The molecule has 0 N–H and O–H groups in total. The molecule has 1 aliphatic heterocycles. The Hall–Kier alpha value is -0.580. The van der Waals surface area contributed by atoms with Crippen LogP contribution in [0.1, 0.15) is 31.2 Å². The molecule has 0 amide bonds. The van der Waals surface area contributed by atoms with Crippen molar-refractivity contribution in [2.45, 2.75) is 38.3 Å². The number of piperidine rings is 1. The lowest BCUT2D eigenvalue weighted by Crippen LogP contribution is -2.36. The highest BCUT2D eigenvalue weighted by molar-refractivity contribution is 9.10. The van der Waals surface area contributed by atoms with Crippen molar-refractivity contribution >= 4 is 15.9 Å². The van der Waals surface area contributed by atoms with Gasteiger partial charge in [0.1, 0.15) is 5.75 Å². The molecule has 1 saturated heterocycles. The Kier molecular flexibility index (Phi) is 5.19. The van der Waals surface area contributed by atoms with Crippen molar-refractivity contribution in [1.29, 1.82) is 0 Å². The lowest BCUT2D eigenvalue weighted by Gasteiger charge is -2.31. The number of halogens is 1. The summed E-state index contributed by atoms with van der Waals surface area (Å²) in [5, 5.41) is 0. The molecule has 3 nitrogen and oxygen atoms in total. The van der Waals surface area contributed by atoms with E-state index in [1.54, 1.807) is 0 Å². The summed E-state index contributed by atoms with van der Waals surface area (Å²) in [5.74, 6) is 1.85. The second-order valence-corrected chi connectivity index (χ2v) is 7.13. The fraction of sp³-hybridized carbons (Fsp3) is 0.647. The molecule has 116 valence electrons. The normalized spacial score (nSPS) is 20.7. The van der Waals surface area contributed by atoms with Crippen LogP contribution in [-0.4, -0.2) is 37.8 Å². The van der Waals surface area contributed by atoms with Crippen LogP contribution < -0.4 is 4.74 Å². The summed E-state index contributed by atoms with van der Waals surface area (Å²) < 4.78 is 12.6. The van der Waals surface area contributed by atoms with Gasteiger partial charge in [-0.05, 0) is 49.8 Å². The summed E-state index contributed by atoms with van der Waals surface area (Å²) in [7, 11) is 1.82. The lowest BCUT2D eigenvalue weighted by atomic mass is 10.1. The quantitative estimate of drug-likeness (QED) is 0.775. The first-order chi connectivity index (χ1) is 10.2. The summed E-state index contributed by atoms with van der Waals surface area (Å²) in [5.41, 5.74) is 1.29. The number of rotatable bonds is 6. The highest BCUT2D eigenvalue weighted by atomic mass is 79.9. The Labute approximate surface area is 135 Å². The van der Waals surface area contributed by atoms with Crippen LogP contribution in [0.3, 0.4) is 0 Å². The second kappa shape index (κ2) is 7.12. The molecule has 1 saturated carbocycles. The first-order valence-corrected chi connectivity index (χ1v) is 8.70. The van der Waals surface area contributed by atoms with Crippen molar-refractivity contribution in [1.82, 2.24) is 4.90 Å². The largest absolute Gasteiger partial charge is 0.493 e. The van der Waals surface area contributed by atoms with Crippen LogP contribution in [-0.2, 0) is 11.3 Å². The maximum atomic E-state index is 6.03. The number of nitrogens with zero attached hydrogens (tertiary/aromatic N) is 1. The van der Waals surface area contributed by atoms with Gasteiger partial charge in [0.15, 0.2) is 0 Å². The zero-order valence-corrected chi connectivity index (χ0v) is 14.3. The highest BCUT2D eigenvalue weighted by Crippen LogP contribution is 2.31. The summed E-state index contributed by atoms with van der Waals surface area (Å²) in [6, 6.07) is 6.37. The highest BCUT2D eigenvalue weighted by Gasteiger charge is 2.23. The zero-order valence-electron chi connectivity index (χ0n) is 12.7. The van der Waals surface area contributed by atoms with E-state index >= 15 is 0 Å². The summed E-state index contributed by atoms with van der Waals surface area (Å²) in [6.45, 7) is 4.05. The SMILES string of the molecule is COC1CCN(Cc2cc(Br)ccc2OCC2CC2)CC1. The van der Waals surface area contributed by atoms with Crippen LogP contribution in [0.5, 0.6) is 5.75 Å². The van der Waals surface area contributed by atoms with Gasteiger partial charge in [0.05, 0.1) is 12.7 Å². The van der Waals surface area contributed by atoms with E-state index in [1.807, 2.05) is 7.11 Å². The van der Waals surface area contributed by atoms with Gasteiger partial charge in [-0.3, -0.25) is 4.90 Å². The predicted molar refractivity (Wildman–Crippen MR) is 87.7 cm³/mol. The predicted octanol–water partition coefficient (Wildman–Crippen LogP) is 3.85. The number of likely N-dealkylation sites (tertiary alicyclic amines) is 1. The maximum absolute atomic E-state index is 6.03. The molecule has 0 aromatic heterocycles. The first kappa shape index (κ1) is 15.3. The van der Waals surface area contributed by atoms with Gasteiger partial charge >= 0.3 is 0 Å². The summed E-state index contributed by atoms with van der Waals surface area (Å²) >= 11 is 3.58. The van der Waals surface area contributed by atoms with Crippen LogP contribution in [0.25, 0.3) is 0 Å². The average molecular weight is 354 g/mol. The van der Waals surface area contributed by atoms with E-state index in [1.165, 1.54) is 18.4 Å². The summed E-state index contributed by atoms with van der Waals surface area (Å²) in [6.07, 6.45) is 5.35. The Morgan fingerprint density at radius 1 is 1.19 bits per heavy atom. The molecule has 0 bridgehead atoms. The van der Waals surface area contributed by atoms with Crippen molar-refractivity contribution in [3.8, 4) is 5.75 Å². The van der Waals surface area contributed by atoms with Gasteiger partial charge < -0.3 is 9.47 Å². The molecule has 1 aliphatic carbocycles. The Bertz CT molecular complexity index is 468. The van der Waals surface area contributed by atoms with E-state index in [-0.39, 0.29) is 0 Å². The Morgan fingerprint density at radius 2 is 1.95 bits per heavy atom. The number of ether oxygens (including phenoxy) is 2. The van der Waals surface area contributed by atoms with Crippen molar-refractivity contribution in [2.24, 2.45) is 5.92 Å². The molecule has 4 heteroatoms. The molecule has 0 radical (unpaired) electrons. The molecular weight excluding hydrogens is 330 g/mol. The molecule has 2 aliphatic rings. The van der Waals surface area contributed by atoms with E-state index in [0.717, 1.165) is 55.2 Å². The number of methoxy groups -OCH3 is 1. The van der Waals surface area contributed by atoms with Crippen molar-refractivity contribution in [3.05, 3.63) is 28.2 Å². The smallest absolute Gasteiger partial charge is 0.123 e. The Morgan fingerprint density at radius 3 is 2.62 bits per heavy atom. The molecule has 1 heterocycles. The minimum Gasteiger partial charge on any atom is -0.493 e. The van der Waals surface area contributed by atoms with Gasteiger partial charge in [-0.1, -0.05) is 15.9 Å². The third-order valence-electron chi connectivity index (χ3n) is 4.46. The van der Waals surface area contributed by atoms with E-state index in [0.29, 0.717) is 6.10 Å². The van der Waals surface area contributed by atoms with Crippen molar-refractivity contribution in [2.75, 3.05) is 26.8 Å². The van der Waals surface area contributed by atoms with Crippen LogP contribution >= 0.6 is 15.9 Å². The standard InChI is InChI=1S/C17H24BrNO2/c1-20-16-6-8-19(9-7-16)11-14-10-15(18)4-5-17(14)21-12-13-2-3-13/h4-5,10,13,16H,2-3,6-9,11-12H2,1H3. The molecular formula is C17H24BrNO2. The molecule has 21 heavy (non-hydrogen) atoms. The number of benzene rings is 1. The second-order valence-electron chi connectivity index (χ2n) is 6.22. The van der Waals surface area contributed by atoms with Crippen molar-refractivity contribution in [3.63, 3.8) is 0 Å². The molecule has 1 aromatic rings. The third kappa shape index (κ3) is 4.44. The lowest BCUT2D eigenvalue weighted by molar-refractivity contribution is 0.0386. The monoisotopic (exact) mass is 353 g/mol. The number of hydrogen-bond donors (Lipinski definition) is 0. The molecule has 1 aromatic carbocycles. The first-order valence-electron chi connectivity index (χ1n) is 7.91. The van der Waals surface area contributed by atoms with Gasteiger partial charge in [0, 0.05) is 36.8 Å². The average Bonchev–Trinajstić information content (AvgIpc) is 3.31. The fourth-order valence-corrected chi connectivity index (χ4v) is 3.26. The Balaban J connectivity index is 1.61. The van der Waals surface area contributed by atoms with Gasteiger partial charge in [-0.25, -0.2) is 0 Å². The van der Waals surface area contributed by atoms with Crippen LogP contribution in [0, 0.1) is 5.92 Å². The maximum Gasteiger partial charge on any atom is 0.123 e. The molecule has 0 unspecified atom stereocenters. The van der Waals surface area contributed by atoms with Gasteiger partial charge in [0.2, 0.25) is 0 Å². The molecule has 2 fully saturated rings. The number of hydrogen-bond acceptors (Lipinski definition) is 3. The molecule has 3 rings (SSSR count). The molecule has 0 spiro atoms. The topological polar surface area (TPSA) is 21.7 Å². The van der Waals surface area contributed by atoms with Gasteiger partial charge in [-0.2, -0.15) is 0 Å². The van der Waals surface area contributed by atoms with E-state index in [2.05, 4.69) is 39.0 Å². The van der Waals surface area contributed by atoms with Crippen LogP contribution in [0.2, 0.25) is 0 Å². The minimum absolute atomic E-state index is 0.439. The van der Waals surface area contributed by atoms with Gasteiger partial charge in [-0.15, -0.1) is 0 Å². The third-order valence-corrected chi connectivity index (χ3v) is 4.95. The van der Waals surface area contributed by atoms with Gasteiger partial charge in [0.25, 0.3) is 0 Å². The van der Waals surface area contributed by atoms with E-state index in [9.17, 15) is 0 Å². The van der Waals surface area contributed by atoms with E-state index in [4.69, 9.17) is 9.47 Å². The molecule has 0 atom stereocenters. The van der Waals surface area contributed by atoms with Crippen LogP contribution in [0.15, 0.2) is 22.7 Å². The summed E-state index contributed by atoms with van der Waals surface area (Å²) in [4.78, 5) is 2.50. The zero-order chi connectivity index (χ0) is 14.7. The van der Waals surface area contributed by atoms with Crippen molar-refractivity contribution < 1.29 is 9.47 Å². The van der Waals surface area contributed by atoms with Crippen LogP contribution in [0.4, 0.5) is 0 Å².